The number of benzene rings is 1. The van der Waals surface area contributed by atoms with Gasteiger partial charge in [-0.2, -0.15) is 0 Å². The number of carboxylic acids is 2. The minimum absolute atomic E-state index is 0.549. The van der Waals surface area contributed by atoms with Crippen LogP contribution in [0.5, 0.6) is 11.5 Å². The lowest BCUT2D eigenvalue weighted by Crippen LogP contribution is -2.01. The molecule has 1 aromatic carbocycles. The molecule has 0 heterocycles. The normalized spacial score (nSPS) is 8.88. The Balaban J connectivity index is 0.00000106. The van der Waals surface area contributed by atoms with Crippen molar-refractivity contribution in [2.24, 2.45) is 0 Å². The number of hydrogen-bond donors (Lipinski definition) is 4. The molecule has 0 radical (unpaired) electrons. The lowest BCUT2D eigenvalue weighted by Gasteiger charge is -2.04. The highest BCUT2D eigenvalue weighted by Gasteiger charge is 2.19. The average Bonchev–Trinajstić information content (AvgIpc) is 2.23. The zero-order valence-corrected chi connectivity index (χ0v) is 8.76. The fourth-order valence-corrected chi connectivity index (χ4v) is 0.925. The number of carbonyl (C=O) groups is 2. The Morgan fingerprint density at radius 3 is 1.31 bits per heavy atom. The van der Waals surface area contributed by atoms with Crippen molar-refractivity contribution >= 4 is 11.9 Å². The van der Waals surface area contributed by atoms with Gasteiger partial charge in [-0.15, -0.1) is 0 Å². The third kappa shape index (κ3) is 2.63. The Kier molecular flexibility index (Phi) is 4.81. The molecular formula is C10H12O6. The van der Waals surface area contributed by atoms with Gasteiger partial charge in [0.05, 0.1) is 0 Å². The molecule has 1 aromatic rings. The largest absolute Gasteiger partial charge is 0.504 e. The molecule has 0 aromatic heterocycles. The first-order valence-corrected chi connectivity index (χ1v) is 4.46. The molecule has 88 valence electrons. The van der Waals surface area contributed by atoms with Gasteiger partial charge < -0.3 is 20.4 Å². The molecule has 0 aliphatic heterocycles. The van der Waals surface area contributed by atoms with E-state index in [-0.39, 0.29) is 0 Å². The Morgan fingerprint density at radius 2 is 1.12 bits per heavy atom. The van der Waals surface area contributed by atoms with Crippen LogP contribution in [-0.2, 0) is 0 Å². The van der Waals surface area contributed by atoms with Crippen molar-refractivity contribution in [1.29, 1.82) is 0 Å². The van der Waals surface area contributed by atoms with Crippen molar-refractivity contribution in [3.8, 4) is 11.5 Å². The standard InChI is InChI=1S/C8H6O6.C2H6/c9-5-3(7(11)12)1-2-4(6(5)10)8(13)14;1-2/h1-2,9-10H,(H,11,12)(H,13,14);1-2H3. The summed E-state index contributed by atoms with van der Waals surface area (Å²) in [5, 5.41) is 35.2. The molecular weight excluding hydrogens is 216 g/mol. The summed E-state index contributed by atoms with van der Waals surface area (Å²) < 4.78 is 0. The zero-order valence-electron chi connectivity index (χ0n) is 8.76. The summed E-state index contributed by atoms with van der Waals surface area (Å²) >= 11 is 0. The maximum atomic E-state index is 10.4. The van der Waals surface area contributed by atoms with Crippen molar-refractivity contribution in [1.82, 2.24) is 0 Å². The van der Waals surface area contributed by atoms with Gasteiger partial charge in [0.1, 0.15) is 11.1 Å². The van der Waals surface area contributed by atoms with E-state index in [1.807, 2.05) is 13.8 Å². The van der Waals surface area contributed by atoms with E-state index in [0.717, 1.165) is 12.1 Å². The Morgan fingerprint density at radius 1 is 0.875 bits per heavy atom. The van der Waals surface area contributed by atoms with E-state index in [0.29, 0.717) is 0 Å². The molecule has 0 atom stereocenters. The lowest BCUT2D eigenvalue weighted by molar-refractivity contribution is 0.0674. The third-order valence-electron chi connectivity index (χ3n) is 1.61. The van der Waals surface area contributed by atoms with Crippen LogP contribution < -0.4 is 0 Å². The second-order valence-electron chi connectivity index (χ2n) is 2.47. The summed E-state index contributed by atoms with van der Waals surface area (Å²) in [6.07, 6.45) is 0. The average molecular weight is 228 g/mol. The highest BCUT2D eigenvalue weighted by molar-refractivity contribution is 5.97. The van der Waals surface area contributed by atoms with Gasteiger partial charge in [-0.05, 0) is 12.1 Å². The van der Waals surface area contributed by atoms with E-state index < -0.39 is 34.6 Å². The maximum absolute atomic E-state index is 10.4. The fourth-order valence-electron chi connectivity index (χ4n) is 0.925. The monoisotopic (exact) mass is 228 g/mol. The van der Waals surface area contributed by atoms with Gasteiger partial charge in [0.25, 0.3) is 0 Å². The lowest BCUT2D eigenvalue weighted by atomic mass is 10.1. The second kappa shape index (κ2) is 5.59. The highest BCUT2D eigenvalue weighted by Crippen LogP contribution is 2.32. The number of aromatic hydroxyl groups is 2. The number of aromatic carboxylic acids is 2. The second-order valence-corrected chi connectivity index (χ2v) is 2.47. The fraction of sp³-hybridized carbons (Fsp3) is 0.200. The molecule has 0 bridgehead atoms. The van der Waals surface area contributed by atoms with Crippen LogP contribution in [0.1, 0.15) is 34.6 Å². The highest BCUT2D eigenvalue weighted by atomic mass is 16.4. The summed E-state index contributed by atoms with van der Waals surface area (Å²) in [4.78, 5) is 20.9. The molecule has 6 nitrogen and oxygen atoms in total. The van der Waals surface area contributed by atoms with Gasteiger partial charge in [-0.1, -0.05) is 13.8 Å². The molecule has 0 unspecified atom stereocenters. The molecule has 4 N–H and O–H groups in total. The number of carboxylic acid groups (broad SMARTS) is 2. The zero-order chi connectivity index (χ0) is 12.9. The molecule has 6 heteroatoms. The molecule has 16 heavy (non-hydrogen) atoms. The van der Waals surface area contributed by atoms with Gasteiger partial charge in [0, 0.05) is 0 Å². The first-order valence-electron chi connectivity index (χ1n) is 4.46. The minimum atomic E-state index is -1.45. The van der Waals surface area contributed by atoms with Crippen LogP contribution in [0.15, 0.2) is 12.1 Å². The summed E-state index contributed by atoms with van der Waals surface area (Å²) in [5.41, 5.74) is -1.10. The molecule has 1 rings (SSSR count). The summed E-state index contributed by atoms with van der Waals surface area (Å²) in [7, 11) is 0. The number of hydrogen-bond acceptors (Lipinski definition) is 4. The van der Waals surface area contributed by atoms with Gasteiger partial charge in [-0.25, -0.2) is 9.59 Å². The minimum Gasteiger partial charge on any atom is -0.504 e. The van der Waals surface area contributed by atoms with E-state index in [1.165, 1.54) is 0 Å². The number of phenols is 2. The predicted octanol–water partition coefficient (Wildman–Crippen LogP) is 1.52. The molecule has 0 aliphatic rings. The molecule has 0 amide bonds. The summed E-state index contributed by atoms with van der Waals surface area (Å²) in [6.45, 7) is 4.00. The van der Waals surface area contributed by atoms with Crippen molar-refractivity contribution in [2.75, 3.05) is 0 Å². The third-order valence-corrected chi connectivity index (χ3v) is 1.61. The Bertz CT molecular complexity index is 371. The van der Waals surface area contributed by atoms with E-state index in [2.05, 4.69) is 0 Å². The van der Waals surface area contributed by atoms with Crippen LogP contribution in [0.4, 0.5) is 0 Å². The van der Waals surface area contributed by atoms with Crippen LogP contribution in [0.25, 0.3) is 0 Å². The first-order chi connectivity index (χ1) is 7.45. The Hall–Kier alpha value is -2.24. The van der Waals surface area contributed by atoms with Gasteiger partial charge in [-0.3, -0.25) is 0 Å². The van der Waals surface area contributed by atoms with E-state index in [4.69, 9.17) is 20.4 Å². The molecule has 0 saturated heterocycles. The Labute approximate surface area is 91.4 Å². The molecule has 0 aliphatic carbocycles. The van der Waals surface area contributed by atoms with E-state index in [1.54, 1.807) is 0 Å². The van der Waals surface area contributed by atoms with E-state index in [9.17, 15) is 9.59 Å². The van der Waals surface area contributed by atoms with Crippen LogP contribution in [0.2, 0.25) is 0 Å². The van der Waals surface area contributed by atoms with Crippen molar-refractivity contribution in [3.05, 3.63) is 23.3 Å². The first kappa shape index (κ1) is 13.8. The summed E-state index contributed by atoms with van der Waals surface area (Å²) in [5.74, 6) is -4.79. The molecule has 0 spiro atoms. The van der Waals surface area contributed by atoms with Gasteiger partial charge in [0.15, 0.2) is 11.5 Å². The molecule has 0 saturated carbocycles. The van der Waals surface area contributed by atoms with Crippen LogP contribution >= 0.6 is 0 Å². The van der Waals surface area contributed by atoms with Crippen LogP contribution in [0, 0.1) is 0 Å². The van der Waals surface area contributed by atoms with Crippen LogP contribution in [-0.4, -0.2) is 32.4 Å². The number of rotatable bonds is 2. The van der Waals surface area contributed by atoms with Crippen molar-refractivity contribution < 1.29 is 30.0 Å². The maximum Gasteiger partial charge on any atom is 0.339 e. The van der Waals surface area contributed by atoms with Crippen molar-refractivity contribution in [2.45, 2.75) is 13.8 Å². The van der Waals surface area contributed by atoms with Crippen LogP contribution in [0.3, 0.4) is 0 Å². The van der Waals surface area contributed by atoms with Gasteiger partial charge >= 0.3 is 11.9 Å². The SMILES string of the molecule is CC.O=C(O)c1ccc(C(=O)O)c(O)c1O. The molecule has 0 fully saturated rings. The predicted molar refractivity (Wildman–Crippen MR) is 55.0 cm³/mol. The van der Waals surface area contributed by atoms with Crippen molar-refractivity contribution in [3.63, 3.8) is 0 Å². The van der Waals surface area contributed by atoms with E-state index >= 15 is 0 Å². The topological polar surface area (TPSA) is 115 Å². The smallest absolute Gasteiger partial charge is 0.339 e. The van der Waals surface area contributed by atoms with Gasteiger partial charge in [0.2, 0.25) is 0 Å². The summed E-state index contributed by atoms with van der Waals surface area (Å²) in [6, 6.07) is 1.81. The quantitative estimate of drug-likeness (QED) is 0.570.